The zero-order chi connectivity index (χ0) is 34.1. The van der Waals surface area contributed by atoms with Crippen LogP contribution in [0.15, 0.2) is 78.0 Å². The number of phenols is 1. The number of rotatable bonds is 9. The number of aromatic nitrogens is 1. The molecule has 0 spiro atoms. The van der Waals surface area contributed by atoms with Crippen LogP contribution in [-0.2, 0) is 14.2 Å². The highest BCUT2D eigenvalue weighted by Gasteiger charge is 2.58. The molecule has 2 N–H and O–H groups in total. The van der Waals surface area contributed by atoms with Gasteiger partial charge in [0.05, 0.1) is 23.6 Å². The Morgan fingerprint density at radius 1 is 1.00 bits per heavy atom. The molecule has 2 aliphatic heterocycles. The Balaban J connectivity index is 1.23. The lowest BCUT2D eigenvalue weighted by Gasteiger charge is -2.43. The van der Waals surface area contributed by atoms with Gasteiger partial charge in [0, 0.05) is 12.2 Å². The summed E-state index contributed by atoms with van der Waals surface area (Å²) >= 11 is 0. The van der Waals surface area contributed by atoms with Crippen molar-refractivity contribution in [1.82, 2.24) is 9.88 Å². The fraction of sp³-hybridized carbons (Fsp3) is 0.425. The Kier molecular flexibility index (Phi) is 9.74. The van der Waals surface area contributed by atoms with Crippen LogP contribution in [0.2, 0.25) is 6.32 Å². The highest BCUT2D eigenvalue weighted by atomic mass is 16.5. The smallest absolute Gasteiger partial charge is 0.455 e. The summed E-state index contributed by atoms with van der Waals surface area (Å²) in [5, 5.41) is 21.6. The Labute approximate surface area is 289 Å². The predicted octanol–water partition coefficient (Wildman–Crippen LogP) is 6.93. The van der Waals surface area contributed by atoms with Crippen molar-refractivity contribution in [3.63, 3.8) is 0 Å². The van der Waals surface area contributed by atoms with Crippen molar-refractivity contribution in [1.29, 1.82) is 0 Å². The van der Waals surface area contributed by atoms with E-state index in [9.17, 15) is 19.7 Å². The van der Waals surface area contributed by atoms with E-state index in [1.165, 1.54) is 0 Å². The fourth-order valence-electron chi connectivity index (χ4n) is 8.69. The second kappa shape index (κ2) is 14.3. The van der Waals surface area contributed by atoms with Gasteiger partial charge in [-0.1, -0.05) is 43.5 Å². The molecule has 2 amide bonds. The molecule has 49 heavy (non-hydrogen) atoms. The van der Waals surface area contributed by atoms with E-state index in [1.54, 1.807) is 11.1 Å². The predicted molar refractivity (Wildman–Crippen MR) is 189 cm³/mol. The van der Waals surface area contributed by atoms with Gasteiger partial charge in [0.25, 0.3) is 0 Å². The van der Waals surface area contributed by atoms with Gasteiger partial charge < -0.3 is 19.5 Å². The standard InChI is InChI=1S/C40H45BN2O6/c1-25-19-27(20-26(2)38(25)44)21-28(34-15-9-10-18-42-34)16-17-35-36-29(24-48-31-13-7-4-8-14-31)22-32-37(33(36)23-41(47)49-35)40(46)43(39(32)45)30-11-5-3-6-12-30/h4,7-10,13-15,18-21,30,32-33,35,37,44,47H,3,5-6,11-12,16-17,22-24H2,1-2H3/b28-21-/t32-,33+,35-,37-/m1/s1. The van der Waals surface area contributed by atoms with E-state index in [2.05, 4.69) is 11.1 Å². The van der Waals surface area contributed by atoms with E-state index in [1.807, 2.05) is 74.5 Å². The van der Waals surface area contributed by atoms with Gasteiger partial charge in [0.2, 0.25) is 11.8 Å². The SMILES string of the molecule is Cc1cc(/C=C(/CC[C@H]2OB(O)C[C@H]3C2=C(COc2ccccc2)C[C@H]2C(=O)N(C4CCCCC4)C(=O)[C@H]23)c2ccccn2)cc(C)c1O. The quantitative estimate of drug-likeness (QED) is 0.146. The number of imide groups is 1. The Hall–Kier alpha value is -4.21. The highest BCUT2D eigenvalue weighted by Crippen LogP contribution is 2.51. The van der Waals surface area contributed by atoms with Crippen molar-refractivity contribution in [3.05, 3.63) is 100 Å². The summed E-state index contributed by atoms with van der Waals surface area (Å²) in [5.41, 5.74) is 6.40. The molecule has 1 aromatic heterocycles. The summed E-state index contributed by atoms with van der Waals surface area (Å²) in [6, 6.07) is 19.4. The number of aromatic hydroxyl groups is 1. The summed E-state index contributed by atoms with van der Waals surface area (Å²) < 4.78 is 12.6. The highest BCUT2D eigenvalue weighted by molar-refractivity contribution is 6.43. The first-order valence-corrected chi connectivity index (χ1v) is 17.8. The monoisotopic (exact) mass is 660 g/mol. The Morgan fingerprint density at radius 2 is 1.73 bits per heavy atom. The number of ether oxygens (including phenoxy) is 1. The first kappa shape index (κ1) is 33.3. The molecule has 4 atom stereocenters. The Bertz CT molecular complexity index is 1730. The number of aryl methyl sites for hydroxylation is 2. The van der Waals surface area contributed by atoms with Crippen molar-refractivity contribution in [2.75, 3.05) is 6.61 Å². The van der Waals surface area contributed by atoms with Crippen molar-refractivity contribution < 1.29 is 29.1 Å². The average molecular weight is 661 g/mol. The van der Waals surface area contributed by atoms with Gasteiger partial charge in [-0.15, -0.1) is 0 Å². The molecule has 254 valence electrons. The molecule has 0 bridgehead atoms. The number of carbonyl (C=O) groups is 2. The summed E-state index contributed by atoms with van der Waals surface area (Å²) in [7, 11) is -1.05. The van der Waals surface area contributed by atoms with Crippen molar-refractivity contribution >= 4 is 30.6 Å². The number of phenolic OH excluding ortho intramolecular Hbond substituents is 1. The summed E-state index contributed by atoms with van der Waals surface area (Å²) in [6.07, 6.45) is 10.2. The lowest BCUT2D eigenvalue weighted by Crippen LogP contribution is -2.47. The van der Waals surface area contributed by atoms with Gasteiger partial charge in [0.1, 0.15) is 18.1 Å². The van der Waals surface area contributed by atoms with E-state index < -0.39 is 25.1 Å². The maximum Gasteiger partial charge on any atom is 0.455 e. The van der Waals surface area contributed by atoms with Gasteiger partial charge in [0.15, 0.2) is 0 Å². The number of pyridine rings is 1. The van der Waals surface area contributed by atoms with Crippen LogP contribution in [-0.4, -0.2) is 57.7 Å². The van der Waals surface area contributed by atoms with Crippen molar-refractivity contribution in [2.45, 2.75) is 83.7 Å². The Morgan fingerprint density at radius 3 is 2.45 bits per heavy atom. The number of nitrogens with zero attached hydrogens (tertiary/aromatic N) is 2. The van der Waals surface area contributed by atoms with Crippen LogP contribution in [0.3, 0.4) is 0 Å². The molecule has 4 aliphatic rings. The maximum atomic E-state index is 14.2. The van der Waals surface area contributed by atoms with E-state index >= 15 is 0 Å². The maximum absolute atomic E-state index is 14.2. The van der Waals surface area contributed by atoms with E-state index in [-0.39, 0.29) is 36.7 Å². The number of allylic oxidation sites excluding steroid dienone is 1. The molecule has 9 heteroatoms. The third kappa shape index (κ3) is 6.84. The van der Waals surface area contributed by atoms with Gasteiger partial charge >= 0.3 is 7.12 Å². The fourth-order valence-corrected chi connectivity index (χ4v) is 8.69. The van der Waals surface area contributed by atoms with E-state index in [4.69, 9.17) is 9.39 Å². The van der Waals surface area contributed by atoms with Crippen LogP contribution in [0.1, 0.15) is 73.8 Å². The minimum Gasteiger partial charge on any atom is -0.507 e. The zero-order valence-electron chi connectivity index (χ0n) is 28.4. The minimum absolute atomic E-state index is 0.0365. The molecule has 2 aliphatic carbocycles. The second-order valence-electron chi connectivity index (χ2n) is 14.2. The van der Waals surface area contributed by atoms with E-state index in [0.29, 0.717) is 25.0 Å². The van der Waals surface area contributed by atoms with Crippen LogP contribution in [0, 0.1) is 31.6 Å². The van der Waals surface area contributed by atoms with Gasteiger partial charge in [-0.2, -0.15) is 0 Å². The minimum atomic E-state index is -1.05. The van der Waals surface area contributed by atoms with Crippen molar-refractivity contribution in [2.24, 2.45) is 17.8 Å². The zero-order valence-corrected chi connectivity index (χ0v) is 28.4. The molecule has 1 saturated carbocycles. The van der Waals surface area contributed by atoms with Crippen LogP contribution >= 0.6 is 0 Å². The number of benzene rings is 2. The molecular formula is C40H45BN2O6. The molecule has 3 heterocycles. The molecule has 7 rings (SSSR count). The first-order chi connectivity index (χ1) is 23.8. The molecule has 2 aromatic carbocycles. The van der Waals surface area contributed by atoms with Crippen LogP contribution in [0.5, 0.6) is 11.5 Å². The largest absolute Gasteiger partial charge is 0.507 e. The first-order valence-electron chi connectivity index (χ1n) is 17.8. The van der Waals surface area contributed by atoms with Crippen LogP contribution in [0.4, 0.5) is 0 Å². The lowest BCUT2D eigenvalue weighted by molar-refractivity contribution is -0.143. The molecule has 3 fully saturated rings. The van der Waals surface area contributed by atoms with E-state index in [0.717, 1.165) is 77.0 Å². The summed E-state index contributed by atoms with van der Waals surface area (Å²) in [6.45, 7) is 4.07. The molecule has 0 unspecified atom stereocenters. The molecular weight excluding hydrogens is 615 g/mol. The number of para-hydroxylation sites is 1. The second-order valence-corrected chi connectivity index (χ2v) is 14.2. The third-order valence-electron chi connectivity index (χ3n) is 11.0. The molecule has 8 nitrogen and oxygen atoms in total. The average Bonchev–Trinajstić information content (AvgIpc) is 3.37. The molecule has 3 aromatic rings. The normalized spacial score (nSPS) is 24.7. The van der Waals surface area contributed by atoms with Gasteiger partial charge in [-0.3, -0.25) is 19.5 Å². The molecule has 0 radical (unpaired) electrons. The number of likely N-dealkylation sites (tertiary alicyclic amines) is 1. The lowest BCUT2D eigenvalue weighted by atomic mass is 9.58. The number of amides is 2. The molecule has 2 saturated heterocycles. The topological polar surface area (TPSA) is 109 Å². The van der Waals surface area contributed by atoms with Crippen LogP contribution in [0.25, 0.3) is 11.6 Å². The number of hydrogen-bond donors (Lipinski definition) is 2. The van der Waals surface area contributed by atoms with Gasteiger partial charge in [-0.05, 0) is 134 Å². The summed E-state index contributed by atoms with van der Waals surface area (Å²) in [5.74, 6) is -0.366. The third-order valence-corrected chi connectivity index (χ3v) is 11.0. The van der Waals surface area contributed by atoms with Crippen LogP contribution < -0.4 is 4.74 Å². The van der Waals surface area contributed by atoms with Gasteiger partial charge in [-0.25, -0.2) is 0 Å². The summed E-state index contributed by atoms with van der Waals surface area (Å²) in [4.78, 5) is 34.5. The number of hydrogen-bond acceptors (Lipinski definition) is 7. The van der Waals surface area contributed by atoms with Crippen molar-refractivity contribution in [3.8, 4) is 11.5 Å². The number of carbonyl (C=O) groups excluding carboxylic acids is 2. The number of fused-ring (bicyclic) bond motifs is 3.